The zero-order chi connectivity index (χ0) is 18.5. The van der Waals surface area contributed by atoms with Crippen molar-refractivity contribution in [2.45, 2.75) is 31.8 Å². The molecular formula is C21H28N4O. The number of nitrogens with two attached hydrogens (primary N) is 1. The van der Waals surface area contributed by atoms with E-state index in [9.17, 15) is 4.79 Å². The lowest BCUT2D eigenvalue weighted by atomic mass is 9.90. The van der Waals surface area contributed by atoms with Crippen LogP contribution in [0, 0.1) is 0 Å². The van der Waals surface area contributed by atoms with E-state index >= 15 is 0 Å². The highest BCUT2D eigenvalue weighted by Crippen LogP contribution is 2.39. The van der Waals surface area contributed by atoms with E-state index in [2.05, 4.69) is 33.7 Å². The molecule has 2 atom stereocenters. The number of rotatable bonds is 6. The summed E-state index contributed by atoms with van der Waals surface area (Å²) in [6.45, 7) is 3.60. The number of anilines is 2. The SMILES string of the molecule is CNc1cccc([C@H](NC(C)=O)C(c2ccccc2N)N2CCCC2)c1. The summed E-state index contributed by atoms with van der Waals surface area (Å²) >= 11 is 0. The molecule has 0 aromatic heterocycles. The van der Waals surface area contributed by atoms with E-state index in [0.717, 1.165) is 35.6 Å². The maximum Gasteiger partial charge on any atom is 0.217 e. The predicted molar refractivity (Wildman–Crippen MR) is 107 cm³/mol. The zero-order valence-corrected chi connectivity index (χ0v) is 15.5. The standard InChI is InChI=1S/C21H28N4O/c1-15(26)24-20(16-8-7-9-17(14-16)23-2)21(25-12-5-6-13-25)18-10-3-4-11-19(18)22/h3-4,7-11,14,20-21,23H,5-6,12-13,22H2,1-2H3,(H,24,26)/t20-,21?/m0/s1. The van der Waals surface area contributed by atoms with Crippen LogP contribution in [0.3, 0.4) is 0 Å². The fraction of sp³-hybridized carbons (Fsp3) is 0.381. The van der Waals surface area contributed by atoms with Crippen LogP contribution in [0.15, 0.2) is 48.5 Å². The van der Waals surface area contributed by atoms with Crippen LogP contribution in [0.4, 0.5) is 11.4 Å². The van der Waals surface area contributed by atoms with Crippen LogP contribution in [-0.2, 0) is 4.79 Å². The van der Waals surface area contributed by atoms with E-state index in [0.29, 0.717) is 0 Å². The molecule has 1 aliphatic rings. The summed E-state index contributed by atoms with van der Waals surface area (Å²) < 4.78 is 0. The number of hydrogen-bond acceptors (Lipinski definition) is 4. The van der Waals surface area contributed by atoms with Crippen LogP contribution >= 0.6 is 0 Å². The number of nitrogen functional groups attached to an aromatic ring is 1. The van der Waals surface area contributed by atoms with Crippen LogP contribution < -0.4 is 16.4 Å². The Morgan fingerprint density at radius 2 is 1.85 bits per heavy atom. The van der Waals surface area contributed by atoms with E-state index in [1.807, 2.05) is 37.4 Å². The minimum Gasteiger partial charge on any atom is -0.398 e. The van der Waals surface area contributed by atoms with Gasteiger partial charge in [-0.1, -0.05) is 30.3 Å². The molecule has 0 bridgehead atoms. The summed E-state index contributed by atoms with van der Waals surface area (Å²) in [6.07, 6.45) is 2.35. The molecule has 0 spiro atoms. The summed E-state index contributed by atoms with van der Waals surface area (Å²) in [6, 6.07) is 16.0. The van der Waals surface area contributed by atoms with E-state index in [4.69, 9.17) is 5.73 Å². The van der Waals surface area contributed by atoms with Crippen molar-refractivity contribution in [1.82, 2.24) is 10.2 Å². The number of amides is 1. The summed E-state index contributed by atoms with van der Waals surface area (Å²) in [5.74, 6) is -0.0384. The zero-order valence-electron chi connectivity index (χ0n) is 15.5. The second-order valence-corrected chi connectivity index (χ2v) is 6.87. The molecule has 0 saturated carbocycles. The Kier molecular flexibility index (Phi) is 5.78. The molecule has 138 valence electrons. The van der Waals surface area contributed by atoms with Crippen molar-refractivity contribution < 1.29 is 4.79 Å². The van der Waals surface area contributed by atoms with E-state index in [1.54, 1.807) is 6.92 Å². The van der Waals surface area contributed by atoms with E-state index in [-0.39, 0.29) is 18.0 Å². The molecule has 3 rings (SSSR count). The Labute approximate surface area is 155 Å². The highest BCUT2D eigenvalue weighted by Gasteiger charge is 2.33. The van der Waals surface area contributed by atoms with Crippen molar-refractivity contribution in [2.75, 3.05) is 31.2 Å². The van der Waals surface area contributed by atoms with Gasteiger partial charge in [0, 0.05) is 25.3 Å². The number of carbonyl (C=O) groups excluding carboxylic acids is 1. The lowest BCUT2D eigenvalue weighted by Crippen LogP contribution is -2.39. The fourth-order valence-corrected chi connectivity index (χ4v) is 3.84. The number of hydrogen-bond donors (Lipinski definition) is 3. The Hall–Kier alpha value is -2.53. The van der Waals surface area contributed by atoms with Crippen molar-refractivity contribution in [3.05, 3.63) is 59.7 Å². The van der Waals surface area contributed by atoms with E-state index < -0.39 is 0 Å². The molecular weight excluding hydrogens is 324 g/mol. The molecule has 1 heterocycles. The molecule has 5 nitrogen and oxygen atoms in total. The van der Waals surface area contributed by atoms with Crippen molar-refractivity contribution in [3.63, 3.8) is 0 Å². The molecule has 0 radical (unpaired) electrons. The maximum absolute atomic E-state index is 12.0. The number of benzene rings is 2. The second-order valence-electron chi connectivity index (χ2n) is 6.87. The first-order valence-electron chi connectivity index (χ1n) is 9.23. The number of likely N-dealkylation sites (tertiary alicyclic amines) is 1. The Morgan fingerprint density at radius 3 is 2.50 bits per heavy atom. The van der Waals surface area contributed by atoms with Crippen molar-refractivity contribution in [1.29, 1.82) is 0 Å². The average molecular weight is 352 g/mol. The molecule has 1 saturated heterocycles. The van der Waals surface area contributed by atoms with Gasteiger partial charge in [0.1, 0.15) is 0 Å². The molecule has 1 aliphatic heterocycles. The van der Waals surface area contributed by atoms with Gasteiger partial charge < -0.3 is 16.4 Å². The molecule has 2 aromatic carbocycles. The lowest BCUT2D eigenvalue weighted by Gasteiger charge is -2.36. The topological polar surface area (TPSA) is 70.4 Å². The molecule has 0 aliphatic carbocycles. The Balaban J connectivity index is 2.09. The van der Waals surface area contributed by atoms with Crippen LogP contribution in [-0.4, -0.2) is 30.9 Å². The molecule has 2 aromatic rings. The van der Waals surface area contributed by atoms with Gasteiger partial charge in [-0.25, -0.2) is 0 Å². The summed E-state index contributed by atoms with van der Waals surface area (Å²) in [4.78, 5) is 14.5. The number of nitrogens with one attached hydrogen (secondary N) is 2. The Morgan fingerprint density at radius 1 is 1.12 bits per heavy atom. The first-order chi connectivity index (χ1) is 12.6. The van der Waals surface area contributed by atoms with Gasteiger partial charge in [0.25, 0.3) is 0 Å². The summed E-state index contributed by atoms with van der Waals surface area (Å²) in [5, 5.41) is 6.37. The number of para-hydroxylation sites is 1. The average Bonchev–Trinajstić information content (AvgIpc) is 3.17. The largest absolute Gasteiger partial charge is 0.398 e. The monoisotopic (exact) mass is 352 g/mol. The molecule has 1 amide bonds. The third-order valence-corrected chi connectivity index (χ3v) is 5.06. The van der Waals surface area contributed by atoms with Crippen LogP contribution in [0.1, 0.15) is 43.0 Å². The third-order valence-electron chi connectivity index (χ3n) is 5.06. The first kappa shape index (κ1) is 18.3. The van der Waals surface area contributed by atoms with Gasteiger partial charge in [-0.05, 0) is 55.3 Å². The van der Waals surface area contributed by atoms with Gasteiger partial charge in [0.2, 0.25) is 5.91 Å². The predicted octanol–water partition coefficient (Wildman–Crippen LogP) is 3.32. The minimum absolute atomic E-state index is 0.00899. The number of carbonyl (C=O) groups is 1. The summed E-state index contributed by atoms with van der Waals surface area (Å²) in [7, 11) is 1.90. The van der Waals surface area contributed by atoms with Crippen LogP contribution in [0.5, 0.6) is 0 Å². The minimum atomic E-state index is -0.163. The molecule has 26 heavy (non-hydrogen) atoms. The number of nitrogens with zero attached hydrogens (tertiary/aromatic N) is 1. The quantitative estimate of drug-likeness (QED) is 0.698. The van der Waals surface area contributed by atoms with Gasteiger partial charge >= 0.3 is 0 Å². The van der Waals surface area contributed by atoms with E-state index in [1.165, 1.54) is 12.8 Å². The van der Waals surface area contributed by atoms with Gasteiger partial charge in [0.05, 0.1) is 12.1 Å². The normalized spacial score (nSPS) is 16.8. The van der Waals surface area contributed by atoms with Gasteiger partial charge in [0.15, 0.2) is 0 Å². The third kappa shape index (κ3) is 3.99. The molecule has 4 N–H and O–H groups in total. The maximum atomic E-state index is 12.0. The first-order valence-corrected chi connectivity index (χ1v) is 9.23. The van der Waals surface area contributed by atoms with Gasteiger partial charge in [-0.15, -0.1) is 0 Å². The summed E-state index contributed by atoms with van der Waals surface area (Å²) in [5.41, 5.74) is 10.3. The van der Waals surface area contributed by atoms with Gasteiger partial charge in [-0.2, -0.15) is 0 Å². The molecule has 1 fully saturated rings. The smallest absolute Gasteiger partial charge is 0.217 e. The highest BCUT2D eigenvalue weighted by molar-refractivity contribution is 5.74. The van der Waals surface area contributed by atoms with Crippen molar-refractivity contribution in [2.24, 2.45) is 0 Å². The van der Waals surface area contributed by atoms with Crippen molar-refractivity contribution in [3.8, 4) is 0 Å². The fourth-order valence-electron chi connectivity index (χ4n) is 3.84. The second kappa shape index (κ2) is 8.23. The van der Waals surface area contributed by atoms with Crippen molar-refractivity contribution >= 4 is 17.3 Å². The van der Waals surface area contributed by atoms with Gasteiger partial charge in [-0.3, -0.25) is 9.69 Å². The highest BCUT2D eigenvalue weighted by atomic mass is 16.1. The molecule has 5 heteroatoms. The lowest BCUT2D eigenvalue weighted by molar-refractivity contribution is -0.120. The molecule has 1 unspecified atom stereocenters. The van der Waals surface area contributed by atoms with Crippen LogP contribution in [0.2, 0.25) is 0 Å². The Bertz CT molecular complexity index is 755. The van der Waals surface area contributed by atoms with Crippen LogP contribution in [0.25, 0.3) is 0 Å².